The van der Waals surface area contributed by atoms with Crippen LogP contribution in [0.25, 0.3) is 10.9 Å². The molecule has 2 aromatic carbocycles. The van der Waals surface area contributed by atoms with Gasteiger partial charge >= 0.3 is 5.97 Å². The van der Waals surface area contributed by atoms with Crippen molar-refractivity contribution in [2.45, 2.75) is 0 Å². The number of aromatic carboxylic acids is 1. The molecule has 0 bridgehead atoms. The van der Waals surface area contributed by atoms with Gasteiger partial charge in [0.1, 0.15) is 0 Å². The van der Waals surface area contributed by atoms with E-state index in [0.29, 0.717) is 0 Å². The van der Waals surface area contributed by atoms with Crippen molar-refractivity contribution < 1.29 is 9.90 Å². The van der Waals surface area contributed by atoms with Crippen LogP contribution in [0.1, 0.15) is 10.4 Å². The van der Waals surface area contributed by atoms with Crippen molar-refractivity contribution in [3.05, 3.63) is 64.8 Å². The van der Waals surface area contributed by atoms with Gasteiger partial charge in [-0.05, 0) is 52.3 Å². The maximum atomic E-state index is 10.8. The molecule has 0 spiro atoms. The molecule has 104 valence electrons. The Labute approximate surface area is 129 Å². The summed E-state index contributed by atoms with van der Waals surface area (Å²) in [6, 6.07) is 14.5. The summed E-state index contributed by atoms with van der Waals surface area (Å²) in [4.78, 5) is 15.3. The average Bonchev–Trinajstić information content (AvgIpc) is 2.47. The van der Waals surface area contributed by atoms with Gasteiger partial charge in [0.2, 0.25) is 0 Å². The number of nitrogens with zero attached hydrogens (tertiary/aromatic N) is 1. The van der Waals surface area contributed by atoms with Gasteiger partial charge < -0.3 is 10.4 Å². The number of fused-ring (bicyclic) bond motifs is 1. The lowest BCUT2D eigenvalue weighted by atomic mass is 10.1. The number of rotatable bonds is 3. The SMILES string of the molecule is O=C(O)c1ccc(Nc2cccc3cc(Br)cnc23)cc1. The number of hydrogen-bond acceptors (Lipinski definition) is 3. The molecule has 21 heavy (non-hydrogen) atoms. The maximum Gasteiger partial charge on any atom is 0.335 e. The minimum atomic E-state index is -0.932. The van der Waals surface area contributed by atoms with Gasteiger partial charge in [0.15, 0.2) is 0 Å². The third-order valence-electron chi connectivity index (χ3n) is 3.09. The number of carbonyl (C=O) groups is 1. The molecule has 0 aliphatic carbocycles. The largest absolute Gasteiger partial charge is 0.478 e. The lowest BCUT2D eigenvalue weighted by Crippen LogP contribution is -1.97. The molecule has 4 nitrogen and oxygen atoms in total. The highest BCUT2D eigenvalue weighted by molar-refractivity contribution is 9.10. The molecule has 0 amide bonds. The van der Waals surface area contributed by atoms with Crippen LogP contribution in [0, 0.1) is 0 Å². The van der Waals surface area contributed by atoms with Crippen molar-refractivity contribution in [3.8, 4) is 0 Å². The van der Waals surface area contributed by atoms with E-state index in [2.05, 4.69) is 26.2 Å². The van der Waals surface area contributed by atoms with E-state index >= 15 is 0 Å². The van der Waals surface area contributed by atoms with E-state index in [1.165, 1.54) is 0 Å². The number of pyridine rings is 1. The number of nitrogens with one attached hydrogen (secondary N) is 1. The highest BCUT2D eigenvalue weighted by atomic mass is 79.9. The fourth-order valence-corrected chi connectivity index (χ4v) is 2.44. The van der Waals surface area contributed by atoms with Gasteiger partial charge in [0, 0.05) is 21.7 Å². The number of carboxylic acids is 1. The summed E-state index contributed by atoms with van der Waals surface area (Å²) in [6.07, 6.45) is 1.75. The van der Waals surface area contributed by atoms with Gasteiger partial charge in [-0.25, -0.2) is 4.79 Å². The van der Waals surface area contributed by atoms with Crippen molar-refractivity contribution >= 4 is 44.2 Å². The molecule has 1 heterocycles. The third-order valence-corrected chi connectivity index (χ3v) is 3.52. The van der Waals surface area contributed by atoms with E-state index in [-0.39, 0.29) is 5.56 Å². The highest BCUT2D eigenvalue weighted by Gasteiger charge is 2.05. The molecule has 1 aromatic heterocycles. The Kier molecular flexibility index (Phi) is 3.58. The predicted molar refractivity (Wildman–Crippen MR) is 86.1 cm³/mol. The lowest BCUT2D eigenvalue weighted by molar-refractivity contribution is 0.0697. The van der Waals surface area contributed by atoms with Gasteiger partial charge in [0.05, 0.1) is 16.8 Å². The second-order valence-corrected chi connectivity index (χ2v) is 5.45. The van der Waals surface area contributed by atoms with Crippen molar-refractivity contribution in [3.63, 3.8) is 0 Å². The van der Waals surface area contributed by atoms with Crippen LogP contribution in [0.4, 0.5) is 11.4 Å². The van der Waals surface area contributed by atoms with Crippen LogP contribution in [0.2, 0.25) is 0 Å². The van der Waals surface area contributed by atoms with E-state index in [1.807, 2.05) is 24.3 Å². The van der Waals surface area contributed by atoms with Crippen LogP contribution in [-0.4, -0.2) is 16.1 Å². The van der Waals surface area contributed by atoms with Crippen molar-refractivity contribution in [1.82, 2.24) is 4.98 Å². The highest BCUT2D eigenvalue weighted by Crippen LogP contribution is 2.26. The topological polar surface area (TPSA) is 62.2 Å². The number of aromatic nitrogens is 1. The zero-order valence-electron chi connectivity index (χ0n) is 10.9. The van der Waals surface area contributed by atoms with E-state index in [0.717, 1.165) is 26.8 Å². The first-order chi connectivity index (χ1) is 10.1. The Balaban J connectivity index is 1.96. The molecule has 5 heteroatoms. The standard InChI is InChI=1S/C16H11BrN2O2/c17-12-8-11-2-1-3-14(15(11)18-9-12)19-13-6-4-10(5-7-13)16(20)21/h1-9,19H,(H,20,21). The molecule has 3 rings (SSSR count). The van der Waals surface area contributed by atoms with Crippen LogP contribution < -0.4 is 5.32 Å². The van der Waals surface area contributed by atoms with Gasteiger partial charge in [-0.15, -0.1) is 0 Å². The lowest BCUT2D eigenvalue weighted by Gasteiger charge is -2.09. The van der Waals surface area contributed by atoms with Crippen molar-refractivity contribution in [1.29, 1.82) is 0 Å². The second-order valence-electron chi connectivity index (χ2n) is 4.54. The third kappa shape index (κ3) is 2.87. The molecule has 0 fully saturated rings. The van der Waals surface area contributed by atoms with Gasteiger partial charge in [-0.2, -0.15) is 0 Å². The number of anilines is 2. The molecule has 3 aromatic rings. The Morgan fingerprint density at radius 2 is 1.90 bits per heavy atom. The molecule has 0 saturated heterocycles. The number of carboxylic acid groups (broad SMARTS) is 1. The molecular weight excluding hydrogens is 332 g/mol. The summed E-state index contributed by atoms with van der Waals surface area (Å²) < 4.78 is 0.929. The summed E-state index contributed by atoms with van der Waals surface area (Å²) in [7, 11) is 0. The van der Waals surface area contributed by atoms with Crippen molar-refractivity contribution in [2.75, 3.05) is 5.32 Å². The van der Waals surface area contributed by atoms with Crippen LogP contribution in [0.15, 0.2) is 59.2 Å². The predicted octanol–water partition coefficient (Wildman–Crippen LogP) is 4.44. The number of halogens is 1. The second kappa shape index (κ2) is 5.54. The number of benzene rings is 2. The average molecular weight is 343 g/mol. The van der Waals surface area contributed by atoms with Crippen LogP contribution >= 0.6 is 15.9 Å². The fraction of sp³-hybridized carbons (Fsp3) is 0. The zero-order chi connectivity index (χ0) is 14.8. The molecule has 0 radical (unpaired) electrons. The first-order valence-electron chi connectivity index (χ1n) is 6.28. The molecule has 2 N–H and O–H groups in total. The molecule has 0 atom stereocenters. The van der Waals surface area contributed by atoms with E-state index in [1.54, 1.807) is 30.5 Å². The fourth-order valence-electron chi connectivity index (χ4n) is 2.09. The quantitative estimate of drug-likeness (QED) is 0.738. The number of hydrogen-bond donors (Lipinski definition) is 2. The van der Waals surface area contributed by atoms with Crippen LogP contribution in [-0.2, 0) is 0 Å². The number of para-hydroxylation sites is 1. The van der Waals surface area contributed by atoms with E-state index in [9.17, 15) is 4.79 Å². The van der Waals surface area contributed by atoms with E-state index < -0.39 is 5.97 Å². The summed E-state index contributed by atoms with van der Waals surface area (Å²) in [5, 5.41) is 13.2. The van der Waals surface area contributed by atoms with Gasteiger partial charge in [0.25, 0.3) is 0 Å². The normalized spacial score (nSPS) is 10.5. The van der Waals surface area contributed by atoms with Crippen LogP contribution in [0.3, 0.4) is 0 Å². The van der Waals surface area contributed by atoms with Crippen molar-refractivity contribution in [2.24, 2.45) is 0 Å². The first-order valence-corrected chi connectivity index (χ1v) is 7.07. The Morgan fingerprint density at radius 1 is 1.14 bits per heavy atom. The minimum absolute atomic E-state index is 0.264. The zero-order valence-corrected chi connectivity index (χ0v) is 12.5. The summed E-state index contributed by atoms with van der Waals surface area (Å²) in [5.74, 6) is -0.932. The molecule has 0 unspecified atom stereocenters. The Morgan fingerprint density at radius 3 is 2.62 bits per heavy atom. The van der Waals surface area contributed by atoms with Gasteiger partial charge in [-0.1, -0.05) is 12.1 Å². The molecular formula is C16H11BrN2O2. The molecule has 0 aliphatic heterocycles. The summed E-state index contributed by atoms with van der Waals surface area (Å²) >= 11 is 3.41. The Hall–Kier alpha value is -2.40. The first kappa shape index (κ1) is 13.6. The molecule has 0 aliphatic rings. The summed E-state index contributed by atoms with van der Waals surface area (Å²) in [6.45, 7) is 0. The monoisotopic (exact) mass is 342 g/mol. The van der Waals surface area contributed by atoms with E-state index in [4.69, 9.17) is 5.11 Å². The smallest absolute Gasteiger partial charge is 0.335 e. The minimum Gasteiger partial charge on any atom is -0.478 e. The maximum absolute atomic E-state index is 10.8. The summed E-state index contributed by atoms with van der Waals surface area (Å²) in [5.41, 5.74) is 2.82. The Bertz CT molecular complexity index is 816. The van der Waals surface area contributed by atoms with Crippen LogP contribution in [0.5, 0.6) is 0 Å². The molecule has 0 saturated carbocycles. The van der Waals surface area contributed by atoms with Gasteiger partial charge in [-0.3, -0.25) is 4.98 Å².